The second-order valence-electron chi connectivity index (χ2n) is 2.51. The predicted molar refractivity (Wildman–Crippen MR) is 56.4 cm³/mol. The van der Waals surface area contributed by atoms with Crippen molar-refractivity contribution in [2.75, 3.05) is 18.1 Å². The third-order valence-electron chi connectivity index (χ3n) is 1.42. The molecule has 11 heavy (non-hydrogen) atoms. The standard InChI is InChI=1S/C8H18OS2/c1-2-3-7-11-8-5-4-6-9-10/h10H,2-8H2,1H3. The van der Waals surface area contributed by atoms with Crippen LogP contribution in [0.25, 0.3) is 0 Å². The van der Waals surface area contributed by atoms with Crippen molar-refractivity contribution in [2.45, 2.75) is 32.6 Å². The molecule has 0 rings (SSSR count). The van der Waals surface area contributed by atoms with Crippen LogP contribution >= 0.6 is 24.7 Å². The number of thiol groups is 1. The lowest BCUT2D eigenvalue weighted by molar-refractivity contribution is 0.370. The normalized spacial score (nSPS) is 10.4. The van der Waals surface area contributed by atoms with E-state index in [4.69, 9.17) is 0 Å². The second kappa shape index (κ2) is 10.7. The molecule has 0 spiro atoms. The second-order valence-corrected chi connectivity index (χ2v) is 3.99. The van der Waals surface area contributed by atoms with E-state index in [1.54, 1.807) is 0 Å². The van der Waals surface area contributed by atoms with Crippen molar-refractivity contribution in [1.82, 2.24) is 0 Å². The van der Waals surface area contributed by atoms with Gasteiger partial charge in [0, 0.05) is 0 Å². The third-order valence-corrected chi connectivity index (χ3v) is 2.75. The molecule has 0 unspecified atom stereocenters. The van der Waals surface area contributed by atoms with Crippen LogP contribution in [-0.2, 0) is 4.18 Å². The Morgan fingerprint density at radius 2 is 1.91 bits per heavy atom. The zero-order chi connectivity index (χ0) is 8.36. The van der Waals surface area contributed by atoms with Gasteiger partial charge in [0.25, 0.3) is 0 Å². The fraction of sp³-hybridized carbons (Fsp3) is 1.00. The summed E-state index contributed by atoms with van der Waals surface area (Å²) in [6.07, 6.45) is 5.07. The molecule has 0 aliphatic heterocycles. The first-order valence-electron chi connectivity index (χ1n) is 4.26. The van der Waals surface area contributed by atoms with Gasteiger partial charge < -0.3 is 4.18 Å². The highest BCUT2D eigenvalue weighted by molar-refractivity contribution is 7.99. The summed E-state index contributed by atoms with van der Waals surface area (Å²) in [6, 6.07) is 0. The number of hydrogen-bond donors (Lipinski definition) is 1. The molecule has 1 nitrogen and oxygen atoms in total. The molecule has 0 fully saturated rings. The van der Waals surface area contributed by atoms with Gasteiger partial charge in [0.15, 0.2) is 0 Å². The first-order chi connectivity index (χ1) is 5.41. The van der Waals surface area contributed by atoms with E-state index in [9.17, 15) is 0 Å². The molecule has 0 aliphatic carbocycles. The lowest BCUT2D eigenvalue weighted by Crippen LogP contribution is -1.88. The lowest BCUT2D eigenvalue weighted by atomic mass is 10.4. The zero-order valence-corrected chi connectivity index (χ0v) is 8.92. The summed E-state index contributed by atoms with van der Waals surface area (Å²) in [4.78, 5) is 0. The Kier molecular flexibility index (Phi) is 11.3. The molecule has 0 aromatic carbocycles. The maximum atomic E-state index is 4.65. The quantitative estimate of drug-likeness (QED) is 0.361. The van der Waals surface area contributed by atoms with Gasteiger partial charge in [0.1, 0.15) is 0 Å². The molecule has 68 valence electrons. The van der Waals surface area contributed by atoms with Crippen molar-refractivity contribution in [1.29, 1.82) is 0 Å². The monoisotopic (exact) mass is 194 g/mol. The highest BCUT2D eigenvalue weighted by Crippen LogP contribution is 2.07. The van der Waals surface area contributed by atoms with E-state index in [0.29, 0.717) is 0 Å². The highest BCUT2D eigenvalue weighted by atomic mass is 32.2. The minimum atomic E-state index is 0.789. The maximum absolute atomic E-state index is 4.65. The molecule has 0 bridgehead atoms. The summed E-state index contributed by atoms with van der Waals surface area (Å²) < 4.78 is 4.65. The van der Waals surface area contributed by atoms with Crippen LogP contribution in [-0.4, -0.2) is 18.1 Å². The predicted octanol–water partition coefficient (Wildman–Crippen LogP) is 3.16. The Labute approximate surface area is 79.9 Å². The summed E-state index contributed by atoms with van der Waals surface area (Å²) >= 11 is 5.72. The van der Waals surface area contributed by atoms with Gasteiger partial charge in [-0.1, -0.05) is 13.3 Å². The molecule has 3 heteroatoms. The molecule has 0 aromatic heterocycles. The Morgan fingerprint density at radius 3 is 2.55 bits per heavy atom. The molecular formula is C8H18OS2. The van der Waals surface area contributed by atoms with Gasteiger partial charge in [0.05, 0.1) is 6.61 Å². The first kappa shape index (κ1) is 11.7. The van der Waals surface area contributed by atoms with E-state index in [0.717, 1.165) is 13.0 Å². The van der Waals surface area contributed by atoms with Gasteiger partial charge in [0.2, 0.25) is 0 Å². The summed E-state index contributed by atoms with van der Waals surface area (Å²) in [6.45, 7) is 3.02. The maximum Gasteiger partial charge on any atom is 0.0610 e. The van der Waals surface area contributed by atoms with Crippen LogP contribution in [0.5, 0.6) is 0 Å². The Balaban J connectivity index is 2.69. The van der Waals surface area contributed by atoms with Crippen LogP contribution < -0.4 is 0 Å². The fourth-order valence-electron chi connectivity index (χ4n) is 0.719. The number of unbranched alkanes of at least 4 members (excludes halogenated alkanes) is 2. The summed E-state index contributed by atoms with van der Waals surface area (Å²) in [7, 11) is 0. The van der Waals surface area contributed by atoms with Crippen molar-refractivity contribution in [3.05, 3.63) is 0 Å². The molecule has 0 heterocycles. The van der Waals surface area contributed by atoms with Gasteiger partial charge in [-0.25, -0.2) is 0 Å². The number of thioether (sulfide) groups is 1. The summed E-state index contributed by atoms with van der Waals surface area (Å²) in [5.41, 5.74) is 0. The highest BCUT2D eigenvalue weighted by Gasteiger charge is 1.89. The summed E-state index contributed by atoms with van der Waals surface area (Å²) in [5, 5.41) is 0. The molecule has 0 radical (unpaired) electrons. The molecule has 0 amide bonds. The van der Waals surface area contributed by atoms with Crippen LogP contribution in [0.4, 0.5) is 0 Å². The van der Waals surface area contributed by atoms with Crippen LogP contribution in [0.2, 0.25) is 0 Å². The largest absolute Gasteiger partial charge is 0.318 e. The van der Waals surface area contributed by atoms with Crippen LogP contribution in [0.3, 0.4) is 0 Å². The van der Waals surface area contributed by atoms with E-state index < -0.39 is 0 Å². The minimum Gasteiger partial charge on any atom is -0.318 e. The first-order valence-corrected chi connectivity index (χ1v) is 5.78. The van der Waals surface area contributed by atoms with Gasteiger partial charge in [-0.05, 0) is 43.7 Å². The van der Waals surface area contributed by atoms with Gasteiger partial charge in [-0.2, -0.15) is 11.8 Å². The third kappa shape index (κ3) is 10.7. The van der Waals surface area contributed by atoms with Crippen molar-refractivity contribution < 1.29 is 4.18 Å². The topological polar surface area (TPSA) is 9.23 Å². The van der Waals surface area contributed by atoms with Gasteiger partial charge in [-0.15, -0.1) is 0 Å². The van der Waals surface area contributed by atoms with E-state index in [1.807, 2.05) is 11.8 Å². The lowest BCUT2D eigenvalue weighted by Gasteiger charge is -1.99. The average molecular weight is 194 g/mol. The van der Waals surface area contributed by atoms with Crippen LogP contribution in [0.1, 0.15) is 32.6 Å². The summed E-state index contributed by atoms with van der Waals surface area (Å²) in [5.74, 6) is 2.59. The van der Waals surface area contributed by atoms with Crippen molar-refractivity contribution >= 4 is 24.7 Å². The van der Waals surface area contributed by atoms with Crippen molar-refractivity contribution in [3.8, 4) is 0 Å². The van der Waals surface area contributed by atoms with Gasteiger partial charge in [-0.3, -0.25) is 0 Å². The Morgan fingerprint density at radius 1 is 1.18 bits per heavy atom. The van der Waals surface area contributed by atoms with E-state index in [2.05, 4.69) is 24.0 Å². The SMILES string of the molecule is CCCCSCCCCOS. The van der Waals surface area contributed by atoms with Crippen LogP contribution in [0, 0.1) is 0 Å². The molecule has 0 saturated carbocycles. The van der Waals surface area contributed by atoms with E-state index in [1.165, 1.54) is 30.8 Å². The molecule has 0 aromatic rings. The van der Waals surface area contributed by atoms with E-state index >= 15 is 0 Å². The van der Waals surface area contributed by atoms with Gasteiger partial charge >= 0.3 is 0 Å². The Hall–Kier alpha value is 0.660. The smallest absolute Gasteiger partial charge is 0.0610 e. The van der Waals surface area contributed by atoms with Crippen molar-refractivity contribution in [3.63, 3.8) is 0 Å². The molecule has 0 atom stereocenters. The molecular weight excluding hydrogens is 176 g/mol. The number of rotatable bonds is 8. The zero-order valence-electron chi connectivity index (χ0n) is 7.21. The average Bonchev–Trinajstić information content (AvgIpc) is 2.03. The van der Waals surface area contributed by atoms with E-state index in [-0.39, 0.29) is 0 Å². The molecule has 0 N–H and O–H groups in total. The minimum absolute atomic E-state index is 0.789. The van der Waals surface area contributed by atoms with Crippen LogP contribution in [0.15, 0.2) is 0 Å². The molecule has 0 aliphatic rings. The number of hydrogen-bond acceptors (Lipinski definition) is 3. The molecule has 0 saturated heterocycles. The van der Waals surface area contributed by atoms with Crippen molar-refractivity contribution in [2.24, 2.45) is 0 Å². The fourth-order valence-corrected chi connectivity index (χ4v) is 1.95. The Bertz CT molecular complexity index is 61.1.